The van der Waals surface area contributed by atoms with Crippen LogP contribution < -0.4 is 10.1 Å². The lowest BCUT2D eigenvalue weighted by Gasteiger charge is -2.23. The van der Waals surface area contributed by atoms with E-state index >= 15 is 0 Å². The molecule has 1 fully saturated rings. The molecule has 0 aromatic heterocycles. The van der Waals surface area contributed by atoms with Crippen LogP contribution in [0.3, 0.4) is 0 Å². The highest BCUT2D eigenvalue weighted by Crippen LogP contribution is 2.30. The molecule has 31 heavy (non-hydrogen) atoms. The Morgan fingerprint density at radius 1 is 1.16 bits per heavy atom. The van der Waals surface area contributed by atoms with Crippen molar-refractivity contribution in [3.05, 3.63) is 65.2 Å². The van der Waals surface area contributed by atoms with Gasteiger partial charge in [0.25, 0.3) is 5.91 Å². The molecule has 2 N–H and O–H groups in total. The largest absolute Gasteiger partial charge is 0.491 e. The average molecular weight is 424 g/mol. The van der Waals surface area contributed by atoms with Gasteiger partial charge in [-0.25, -0.2) is 4.79 Å². The minimum absolute atomic E-state index is 0.0916. The number of carbonyl (C=O) groups excluding carboxylic acids is 3. The molecule has 3 amide bonds. The average Bonchev–Trinajstić information content (AvgIpc) is 2.96. The molecule has 0 saturated carbocycles. The monoisotopic (exact) mass is 424 g/mol. The molecule has 7 nitrogen and oxygen atoms in total. The maximum Gasteiger partial charge on any atom is 0.325 e. The van der Waals surface area contributed by atoms with Gasteiger partial charge >= 0.3 is 6.03 Å². The summed E-state index contributed by atoms with van der Waals surface area (Å²) in [4.78, 5) is 38.0. The summed E-state index contributed by atoms with van der Waals surface area (Å²) in [6.07, 6.45) is -1.08. The van der Waals surface area contributed by atoms with Crippen LogP contribution in [0.25, 0.3) is 0 Å². The van der Waals surface area contributed by atoms with Gasteiger partial charge < -0.3 is 15.2 Å². The van der Waals surface area contributed by atoms with Crippen LogP contribution in [-0.4, -0.2) is 47.0 Å². The number of rotatable bonds is 8. The predicted molar refractivity (Wildman–Crippen MR) is 116 cm³/mol. The van der Waals surface area contributed by atoms with E-state index in [9.17, 15) is 19.5 Å². The number of imide groups is 1. The van der Waals surface area contributed by atoms with Gasteiger partial charge in [-0.05, 0) is 43.0 Å². The molecule has 0 radical (unpaired) electrons. The van der Waals surface area contributed by atoms with E-state index in [-0.39, 0.29) is 18.9 Å². The fourth-order valence-electron chi connectivity index (χ4n) is 3.52. The maximum absolute atomic E-state index is 13.0. The first-order chi connectivity index (χ1) is 14.6. The van der Waals surface area contributed by atoms with Gasteiger partial charge in [0.1, 0.15) is 24.0 Å². The van der Waals surface area contributed by atoms with Crippen molar-refractivity contribution in [3.63, 3.8) is 0 Å². The Kier molecular flexibility index (Phi) is 6.45. The first-order valence-electron chi connectivity index (χ1n) is 10.3. The molecule has 0 bridgehead atoms. The molecule has 1 heterocycles. The highest BCUT2D eigenvalue weighted by molar-refractivity contribution is 6.07. The van der Waals surface area contributed by atoms with E-state index < -0.39 is 23.6 Å². The number of aliphatic hydroxyl groups excluding tert-OH is 1. The maximum atomic E-state index is 13.0. The van der Waals surface area contributed by atoms with Gasteiger partial charge in [0.05, 0.1) is 6.54 Å². The van der Waals surface area contributed by atoms with Crippen LogP contribution in [0, 0.1) is 0 Å². The van der Waals surface area contributed by atoms with Gasteiger partial charge in [-0.3, -0.25) is 14.5 Å². The number of Topliss-reactive ketones (excluding diaryl/α,β-unsaturated/α-hetero) is 1. The second-order valence-corrected chi connectivity index (χ2v) is 8.30. The smallest absolute Gasteiger partial charge is 0.325 e. The first kappa shape index (κ1) is 22.5. The Hall–Kier alpha value is -3.19. The lowest BCUT2D eigenvalue weighted by Crippen LogP contribution is -2.42. The Morgan fingerprint density at radius 2 is 1.84 bits per heavy atom. The minimum Gasteiger partial charge on any atom is -0.491 e. The topological polar surface area (TPSA) is 95.9 Å². The van der Waals surface area contributed by atoms with E-state index in [2.05, 4.69) is 19.2 Å². The number of benzene rings is 2. The molecule has 7 heteroatoms. The molecule has 3 rings (SSSR count). The zero-order valence-corrected chi connectivity index (χ0v) is 18.2. The summed E-state index contributed by atoms with van der Waals surface area (Å²) in [5.41, 5.74) is 1.13. The normalized spacial score (nSPS) is 19.5. The fourth-order valence-corrected chi connectivity index (χ4v) is 3.52. The molecular weight excluding hydrogens is 396 g/mol. The third-order valence-corrected chi connectivity index (χ3v) is 5.51. The molecule has 0 aliphatic carbocycles. The van der Waals surface area contributed by atoms with Crippen molar-refractivity contribution in [2.24, 2.45) is 0 Å². The zero-order valence-electron chi connectivity index (χ0n) is 18.2. The number of carbonyl (C=O) groups is 3. The fraction of sp³-hybridized carbons (Fsp3) is 0.375. The number of amides is 3. The van der Waals surface area contributed by atoms with Crippen LogP contribution >= 0.6 is 0 Å². The molecule has 2 aromatic rings. The molecule has 2 atom stereocenters. The van der Waals surface area contributed by atoms with Gasteiger partial charge in [-0.1, -0.05) is 50.2 Å². The van der Waals surface area contributed by atoms with Crippen molar-refractivity contribution in [2.75, 3.05) is 13.2 Å². The summed E-state index contributed by atoms with van der Waals surface area (Å²) < 4.78 is 5.54. The van der Waals surface area contributed by atoms with Crippen molar-refractivity contribution in [1.82, 2.24) is 10.2 Å². The number of hydrogen-bond donors (Lipinski definition) is 2. The van der Waals surface area contributed by atoms with Gasteiger partial charge in [-0.15, -0.1) is 0 Å². The van der Waals surface area contributed by atoms with Crippen molar-refractivity contribution < 1.29 is 24.2 Å². The van der Waals surface area contributed by atoms with E-state index in [1.807, 2.05) is 24.3 Å². The van der Waals surface area contributed by atoms with E-state index in [0.717, 1.165) is 10.5 Å². The van der Waals surface area contributed by atoms with Crippen LogP contribution in [0.4, 0.5) is 4.79 Å². The second-order valence-electron chi connectivity index (χ2n) is 8.30. The lowest BCUT2D eigenvalue weighted by molar-refractivity contribution is -0.132. The van der Waals surface area contributed by atoms with Crippen molar-refractivity contribution >= 4 is 17.7 Å². The number of hydrogen-bond acceptors (Lipinski definition) is 5. The summed E-state index contributed by atoms with van der Waals surface area (Å²) in [5, 5.41) is 13.1. The summed E-state index contributed by atoms with van der Waals surface area (Å²) in [5.74, 6) is 0.274. The molecule has 2 aromatic carbocycles. The number of urea groups is 1. The highest BCUT2D eigenvalue weighted by Gasteiger charge is 2.49. The van der Waals surface area contributed by atoms with Crippen LogP contribution in [0.15, 0.2) is 48.5 Å². The zero-order chi connectivity index (χ0) is 22.8. The Labute approximate surface area is 182 Å². The third kappa shape index (κ3) is 4.77. The molecule has 1 saturated heterocycles. The van der Waals surface area contributed by atoms with Crippen LogP contribution in [0.1, 0.15) is 55.1 Å². The second kappa shape index (κ2) is 8.89. The van der Waals surface area contributed by atoms with E-state index in [1.165, 1.54) is 6.92 Å². The SMILES string of the molecule is CC(=O)c1cccc(OC[C@@H](O)CN2C(=O)N[C@@](C)(c3ccc(C(C)C)cc3)C2=O)c1. The molecule has 1 aliphatic rings. The lowest BCUT2D eigenvalue weighted by atomic mass is 9.90. The number of nitrogens with zero attached hydrogens (tertiary/aromatic N) is 1. The van der Waals surface area contributed by atoms with Gasteiger partial charge in [-0.2, -0.15) is 0 Å². The van der Waals surface area contributed by atoms with Crippen LogP contribution in [0.5, 0.6) is 5.75 Å². The Morgan fingerprint density at radius 3 is 2.45 bits per heavy atom. The third-order valence-electron chi connectivity index (χ3n) is 5.51. The van der Waals surface area contributed by atoms with E-state index in [1.54, 1.807) is 31.2 Å². The Balaban J connectivity index is 1.65. The van der Waals surface area contributed by atoms with Crippen molar-refractivity contribution in [2.45, 2.75) is 45.3 Å². The number of nitrogens with one attached hydrogen (secondary N) is 1. The number of aliphatic hydroxyl groups is 1. The molecule has 0 unspecified atom stereocenters. The highest BCUT2D eigenvalue weighted by atomic mass is 16.5. The molecule has 0 spiro atoms. The van der Waals surface area contributed by atoms with Gasteiger partial charge in [0.2, 0.25) is 0 Å². The predicted octanol–water partition coefficient (Wildman–Crippen LogP) is 3.22. The molecule has 1 aliphatic heterocycles. The van der Waals surface area contributed by atoms with Crippen molar-refractivity contribution in [3.8, 4) is 5.75 Å². The first-order valence-corrected chi connectivity index (χ1v) is 10.3. The quantitative estimate of drug-likeness (QED) is 0.501. The summed E-state index contributed by atoms with van der Waals surface area (Å²) in [6, 6.07) is 13.6. The molecule has 164 valence electrons. The summed E-state index contributed by atoms with van der Waals surface area (Å²) in [6.45, 7) is 6.96. The van der Waals surface area contributed by atoms with Crippen LogP contribution in [0.2, 0.25) is 0 Å². The van der Waals surface area contributed by atoms with Gasteiger partial charge in [0.15, 0.2) is 5.78 Å². The standard InChI is InChI=1S/C24H28N2O5/c1-15(2)17-8-10-19(11-9-17)24(4)22(29)26(23(30)25-24)13-20(28)14-31-21-7-5-6-18(12-21)16(3)27/h5-12,15,20,28H,13-14H2,1-4H3,(H,25,30)/t20-,24-/m0/s1. The number of ketones is 1. The number of ether oxygens (including phenoxy) is 1. The number of β-amino-alcohol motifs (C(OH)–C–C–N with tert-alkyl or cyclic N) is 1. The summed E-state index contributed by atoms with van der Waals surface area (Å²) >= 11 is 0. The van der Waals surface area contributed by atoms with Crippen LogP contribution in [-0.2, 0) is 10.3 Å². The van der Waals surface area contributed by atoms with Gasteiger partial charge in [0, 0.05) is 5.56 Å². The Bertz CT molecular complexity index is 986. The van der Waals surface area contributed by atoms with E-state index in [0.29, 0.717) is 22.8 Å². The molecular formula is C24H28N2O5. The van der Waals surface area contributed by atoms with E-state index in [4.69, 9.17) is 4.74 Å². The summed E-state index contributed by atoms with van der Waals surface area (Å²) in [7, 11) is 0. The minimum atomic E-state index is -1.19. The van der Waals surface area contributed by atoms with Crippen molar-refractivity contribution in [1.29, 1.82) is 0 Å².